The van der Waals surface area contributed by atoms with Gasteiger partial charge >= 0.3 is 0 Å². The van der Waals surface area contributed by atoms with Gasteiger partial charge in [-0.05, 0) is 55.7 Å². The molecule has 5 rings (SSSR count). The van der Waals surface area contributed by atoms with Gasteiger partial charge in [0.05, 0.1) is 18.3 Å². The third-order valence-corrected chi connectivity index (χ3v) is 7.15. The molecule has 1 saturated heterocycles. The van der Waals surface area contributed by atoms with Crippen molar-refractivity contribution in [2.45, 2.75) is 11.8 Å². The van der Waals surface area contributed by atoms with E-state index >= 15 is 0 Å². The van der Waals surface area contributed by atoms with E-state index in [1.807, 2.05) is 6.07 Å². The fraction of sp³-hybridized carbons (Fsp3) is 0.280. The molecule has 160 valence electrons. The van der Waals surface area contributed by atoms with Gasteiger partial charge in [-0.1, -0.05) is 24.3 Å². The van der Waals surface area contributed by atoms with Crippen molar-refractivity contribution in [3.63, 3.8) is 0 Å². The highest BCUT2D eigenvalue weighted by Crippen LogP contribution is 2.43. The summed E-state index contributed by atoms with van der Waals surface area (Å²) >= 11 is 1.63. The van der Waals surface area contributed by atoms with Crippen LogP contribution in [-0.4, -0.2) is 49.2 Å². The first-order valence-corrected chi connectivity index (χ1v) is 11.3. The molecular weight excluding hydrogens is 409 g/mol. The first kappa shape index (κ1) is 20.2. The summed E-state index contributed by atoms with van der Waals surface area (Å²) < 4.78 is 22.0. The Bertz CT molecular complexity index is 1260. The molecule has 0 radical (unpaired) electrons. The third-order valence-electron chi connectivity index (χ3n) is 6.12. The van der Waals surface area contributed by atoms with Crippen molar-refractivity contribution in [3.8, 4) is 5.75 Å². The maximum Gasteiger partial charge on any atom is 0.150 e. The van der Waals surface area contributed by atoms with Crippen molar-refractivity contribution in [3.05, 3.63) is 66.1 Å². The fourth-order valence-electron chi connectivity index (χ4n) is 4.39. The Morgan fingerprint density at radius 3 is 2.42 bits per heavy atom. The molecule has 0 atom stereocenters. The van der Waals surface area contributed by atoms with Gasteiger partial charge in [-0.25, -0.2) is 4.39 Å². The first-order valence-electron chi connectivity index (χ1n) is 10.5. The maximum atomic E-state index is 14.0. The van der Waals surface area contributed by atoms with Crippen molar-refractivity contribution in [1.82, 2.24) is 8.87 Å². The maximum absolute atomic E-state index is 14.0. The minimum absolute atomic E-state index is 0.217. The number of halogens is 1. The molecule has 0 bridgehead atoms. The van der Waals surface area contributed by atoms with Crippen LogP contribution >= 0.6 is 11.9 Å². The Hall–Kier alpha value is -2.70. The Labute approximate surface area is 186 Å². The molecule has 4 aromatic rings. The molecule has 0 spiro atoms. The normalized spacial score (nSPS) is 15.2. The lowest BCUT2D eigenvalue weighted by molar-refractivity contribution is 0.311. The van der Waals surface area contributed by atoms with Gasteiger partial charge in [-0.3, -0.25) is 3.97 Å². The monoisotopic (exact) mass is 435 g/mol. The Morgan fingerprint density at radius 2 is 1.68 bits per heavy atom. The number of hydrogen-bond donors (Lipinski definition) is 0. The first-order chi connectivity index (χ1) is 15.0. The number of benzene rings is 3. The van der Waals surface area contributed by atoms with Crippen LogP contribution in [0.2, 0.25) is 0 Å². The molecule has 3 aromatic carbocycles. The van der Waals surface area contributed by atoms with Crippen LogP contribution in [0.4, 0.5) is 10.1 Å². The number of piperazine rings is 1. The molecule has 2 heterocycles. The zero-order valence-electron chi connectivity index (χ0n) is 18.1. The lowest BCUT2D eigenvalue weighted by atomic mass is 10.1. The highest BCUT2D eigenvalue weighted by atomic mass is 32.2. The van der Waals surface area contributed by atoms with E-state index in [0.717, 1.165) is 69.8 Å². The molecule has 4 nitrogen and oxygen atoms in total. The van der Waals surface area contributed by atoms with Crippen LogP contribution in [0.3, 0.4) is 0 Å². The Morgan fingerprint density at radius 1 is 0.935 bits per heavy atom. The Balaban J connectivity index is 1.66. The molecule has 0 aliphatic carbocycles. The van der Waals surface area contributed by atoms with E-state index in [4.69, 9.17) is 4.74 Å². The van der Waals surface area contributed by atoms with Crippen molar-refractivity contribution >= 4 is 39.3 Å². The summed E-state index contributed by atoms with van der Waals surface area (Å²) in [6.07, 6.45) is 2.09. The molecule has 0 N–H and O–H groups in total. The van der Waals surface area contributed by atoms with Crippen LogP contribution in [0.1, 0.15) is 5.56 Å². The topological polar surface area (TPSA) is 20.6 Å². The third kappa shape index (κ3) is 3.64. The second-order valence-electron chi connectivity index (χ2n) is 8.15. The van der Waals surface area contributed by atoms with Gasteiger partial charge in [0.1, 0.15) is 11.6 Å². The number of ether oxygens (including phenoxy) is 1. The largest absolute Gasteiger partial charge is 0.494 e. The lowest BCUT2D eigenvalue weighted by Crippen LogP contribution is -2.44. The fourth-order valence-corrected chi connectivity index (χ4v) is 5.50. The number of nitrogens with zero attached hydrogens (tertiary/aromatic N) is 3. The van der Waals surface area contributed by atoms with Crippen molar-refractivity contribution < 1.29 is 9.13 Å². The van der Waals surface area contributed by atoms with Gasteiger partial charge in [0.15, 0.2) is 0 Å². The van der Waals surface area contributed by atoms with Crippen molar-refractivity contribution in [1.29, 1.82) is 0 Å². The van der Waals surface area contributed by atoms with Crippen LogP contribution in [0.25, 0.3) is 21.7 Å². The average molecular weight is 436 g/mol. The SMILES string of the molecule is COc1c(N2CCN(C)CC2)cc(Sn2cc(C)c3ccc(F)cc32)c2ccccc12. The number of rotatable bonds is 4. The van der Waals surface area contributed by atoms with E-state index in [1.54, 1.807) is 25.1 Å². The summed E-state index contributed by atoms with van der Waals surface area (Å²) in [5, 5.41) is 3.31. The molecule has 31 heavy (non-hydrogen) atoms. The van der Waals surface area contributed by atoms with Gasteiger partial charge in [-0.15, -0.1) is 0 Å². The summed E-state index contributed by atoms with van der Waals surface area (Å²) in [6.45, 7) is 6.05. The summed E-state index contributed by atoms with van der Waals surface area (Å²) in [5.41, 5.74) is 3.15. The zero-order valence-corrected chi connectivity index (χ0v) is 18.9. The molecule has 1 aliphatic heterocycles. The molecule has 0 unspecified atom stereocenters. The summed E-state index contributed by atoms with van der Waals surface area (Å²) in [5.74, 6) is 0.703. The zero-order chi connectivity index (χ0) is 21.5. The smallest absolute Gasteiger partial charge is 0.150 e. The molecule has 1 aromatic heterocycles. The van der Waals surface area contributed by atoms with E-state index < -0.39 is 0 Å². The number of methoxy groups -OCH3 is 1. The van der Waals surface area contributed by atoms with E-state index in [0.29, 0.717) is 0 Å². The number of aryl methyl sites for hydroxylation is 1. The van der Waals surface area contributed by atoms with E-state index in [2.05, 4.69) is 64.3 Å². The summed E-state index contributed by atoms with van der Waals surface area (Å²) in [6, 6.07) is 15.6. The second-order valence-corrected chi connectivity index (χ2v) is 9.17. The number of fused-ring (bicyclic) bond motifs is 2. The minimum Gasteiger partial charge on any atom is -0.494 e. The number of likely N-dealkylation sites (N-methyl/N-ethyl adjacent to an activating group) is 1. The van der Waals surface area contributed by atoms with Crippen LogP contribution in [0.5, 0.6) is 5.75 Å². The Kier molecular flexibility index (Phi) is 5.28. The lowest BCUT2D eigenvalue weighted by Gasteiger charge is -2.35. The van der Waals surface area contributed by atoms with E-state index in [-0.39, 0.29) is 5.82 Å². The molecule has 0 amide bonds. The standard InChI is InChI=1S/C25H26FN3OS/c1-17-16-29(22-14-18(26)8-9-19(17)22)31-24-15-23(28-12-10-27(2)11-13-28)25(30-3)21-7-5-4-6-20(21)24/h4-9,14-16H,10-13H2,1-3H3. The highest BCUT2D eigenvalue weighted by molar-refractivity contribution is 7.98. The van der Waals surface area contributed by atoms with Gasteiger partial charge < -0.3 is 14.5 Å². The van der Waals surface area contributed by atoms with Crippen LogP contribution in [0.15, 0.2) is 59.6 Å². The van der Waals surface area contributed by atoms with Crippen LogP contribution in [0, 0.1) is 12.7 Å². The number of aromatic nitrogens is 1. The average Bonchev–Trinajstić information content (AvgIpc) is 3.08. The van der Waals surface area contributed by atoms with Gasteiger partial charge in [0.2, 0.25) is 0 Å². The van der Waals surface area contributed by atoms with Gasteiger partial charge in [0.25, 0.3) is 0 Å². The predicted molar refractivity (Wildman–Crippen MR) is 128 cm³/mol. The van der Waals surface area contributed by atoms with E-state index in [9.17, 15) is 4.39 Å². The molecule has 6 heteroatoms. The predicted octanol–water partition coefficient (Wildman–Crippen LogP) is 5.56. The molecule has 1 aliphatic rings. The highest BCUT2D eigenvalue weighted by Gasteiger charge is 2.22. The van der Waals surface area contributed by atoms with E-state index in [1.165, 1.54) is 6.07 Å². The van der Waals surface area contributed by atoms with Crippen molar-refractivity contribution in [2.75, 3.05) is 45.2 Å². The molecular formula is C25H26FN3OS. The van der Waals surface area contributed by atoms with Crippen LogP contribution < -0.4 is 9.64 Å². The second kappa shape index (κ2) is 8.09. The van der Waals surface area contributed by atoms with Crippen molar-refractivity contribution in [2.24, 2.45) is 0 Å². The summed E-state index contributed by atoms with van der Waals surface area (Å²) in [7, 11) is 3.91. The van der Waals surface area contributed by atoms with Crippen LogP contribution in [-0.2, 0) is 0 Å². The number of hydrogen-bond acceptors (Lipinski definition) is 4. The number of anilines is 1. The minimum atomic E-state index is -0.217. The molecule has 1 fully saturated rings. The summed E-state index contributed by atoms with van der Waals surface area (Å²) in [4.78, 5) is 5.89. The van der Waals surface area contributed by atoms with Gasteiger partial charge in [0, 0.05) is 53.4 Å². The van der Waals surface area contributed by atoms with Gasteiger partial charge in [-0.2, -0.15) is 0 Å². The molecule has 0 saturated carbocycles. The quantitative estimate of drug-likeness (QED) is 0.418.